The molecule has 6 nitrogen and oxygen atoms in total. The van der Waals surface area contributed by atoms with Gasteiger partial charge in [-0.25, -0.2) is 8.42 Å². The summed E-state index contributed by atoms with van der Waals surface area (Å²) in [7, 11) is -3.58. The van der Waals surface area contributed by atoms with E-state index in [0.29, 0.717) is 11.4 Å². The number of ether oxygens (including phenoxy) is 1. The number of nitrogens with two attached hydrogens (primary N) is 1. The number of nitrogens with zero attached hydrogens (tertiary/aromatic N) is 1. The first-order chi connectivity index (χ1) is 8.70. The molecule has 106 valence electrons. The largest absolute Gasteiger partial charge is 0.491 e. The van der Waals surface area contributed by atoms with Gasteiger partial charge in [-0.1, -0.05) is 6.07 Å². The zero-order valence-corrected chi connectivity index (χ0v) is 12.0. The average Bonchev–Trinajstić information content (AvgIpc) is 2.23. The Morgan fingerprint density at radius 2 is 2.05 bits per heavy atom. The van der Waals surface area contributed by atoms with Gasteiger partial charge >= 0.3 is 0 Å². The molecular weight excluding hydrogens is 268 g/mol. The van der Waals surface area contributed by atoms with Crippen molar-refractivity contribution in [1.82, 2.24) is 0 Å². The maximum absolute atomic E-state index is 11.7. The number of rotatable bonds is 6. The van der Waals surface area contributed by atoms with Crippen molar-refractivity contribution in [3.8, 4) is 5.75 Å². The molecule has 0 fully saturated rings. The Kier molecular flexibility index (Phi) is 4.77. The van der Waals surface area contributed by atoms with Gasteiger partial charge in [0.25, 0.3) is 0 Å². The number of hydrogen-bond acceptors (Lipinski definition) is 4. The Hall–Kier alpha value is -1.76. The van der Waals surface area contributed by atoms with Crippen LogP contribution >= 0.6 is 0 Å². The van der Waals surface area contributed by atoms with Crippen LogP contribution < -0.4 is 14.8 Å². The topological polar surface area (TPSA) is 89.7 Å². The summed E-state index contributed by atoms with van der Waals surface area (Å²) in [5.74, 6) is -0.189. The molecule has 0 bridgehead atoms. The van der Waals surface area contributed by atoms with Gasteiger partial charge in [0.1, 0.15) is 12.3 Å². The van der Waals surface area contributed by atoms with E-state index in [1.165, 1.54) is 0 Å². The minimum atomic E-state index is -3.58. The van der Waals surface area contributed by atoms with Gasteiger partial charge in [0, 0.05) is 6.07 Å². The highest BCUT2D eigenvalue weighted by Crippen LogP contribution is 2.23. The number of hydrogen-bond donors (Lipinski definition) is 1. The highest BCUT2D eigenvalue weighted by atomic mass is 32.2. The summed E-state index contributed by atoms with van der Waals surface area (Å²) in [5.41, 5.74) is 5.42. The molecule has 2 N–H and O–H groups in total. The summed E-state index contributed by atoms with van der Waals surface area (Å²) < 4.78 is 29.8. The second kappa shape index (κ2) is 5.92. The number of anilines is 1. The Balaban J connectivity index is 3.12. The normalized spacial score (nSPS) is 11.4. The molecule has 0 aliphatic heterocycles. The van der Waals surface area contributed by atoms with Crippen LogP contribution in [0.5, 0.6) is 5.75 Å². The fourth-order valence-electron chi connectivity index (χ4n) is 1.53. The van der Waals surface area contributed by atoms with Crippen molar-refractivity contribution >= 4 is 21.6 Å². The molecule has 1 rings (SSSR count). The summed E-state index contributed by atoms with van der Waals surface area (Å²) in [4.78, 5) is 11.0. The van der Waals surface area contributed by atoms with E-state index in [0.717, 1.165) is 10.6 Å². The lowest BCUT2D eigenvalue weighted by Crippen LogP contribution is -2.37. The molecule has 0 saturated carbocycles. The Labute approximate surface area is 113 Å². The van der Waals surface area contributed by atoms with Crippen LogP contribution in [0.1, 0.15) is 13.8 Å². The second-order valence-corrected chi connectivity index (χ2v) is 6.31. The van der Waals surface area contributed by atoms with E-state index in [4.69, 9.17) is 10.5 Å². The average molecular weight is 286 g/mol. The number of carbonyl (C=O) groups excluding carboxylic acids is 1. The molecule has 7 heteroatoms. The SMILES string of the molecule is CC(C)Oc1cccc(N(CC(N)=O)S(C)(=O)=O)c1. The Morgan fingerprint density at radius 3 is 2.53 bits per heavy atom. The number of sulfonamides is 1. The third kappa shape index (κ3) is 4.78. The molecule has 0 heterocycles. The number of benzene rings is 1. The molecule has 0 saturated heterocycles. The van der Waals surface area contributed by atoms with Gasteiger partial charge in [-0.2, -0.15) is 0 Å². The van der Waals surface area contributed by atoms with Crippen LogP contribution in [-0.4, -0.2) is 33.2 Å². The van der Waals surface area contributed by atoms with Crippen LogP contribution in [0, 0.1) is 0 Å². The third-order valence-electron chi connectivity index (χ3n) is 2.18. The maximum atomic E-state index is 11.7. The predicted octanol–water partition coefficient (Wildman–Crippen LogP) is 0.725. The van der Waals surface area contributed by atoms with Gasteiger partial charge in [0.05, 0.1) is 18.0 Å². The summed E-state index contributed by atoms with van der Waals surface area (Å²) in [6, 6.07) is 6.52. The van der Waals surface area contributed by atoms with Crippen molar-refractivity contribution in [2.75, 3.05) is 17.1 Å². The highest BCUT2D eigenvalue weighted by Gasteiger charge is 2.20. The van der Waals surface area contributed by atoms with E-state index in [-0.39, 0.29) is 6.10 Å². The zero-order valence-electron chi connectivity index (χ0n) is 11.2. The lowest BCUT2D eigenvalue weighted by Gasteiger charge is -2.21. The molecule has 0 aromatic heterocycles. The lowest BCUT2D eigenvalue weighted by molar-refractivity contribution is -0.116. The van der Waals surface area contributed by atoms with Crippen molar-refractivity contribution in [3.05, 3.63) is 24.3 Å². The molecule has 1 aromatic carbocycles. The van der Waals surface area contributed by atoms with Gasteiger partial charge in [0.2, 0.25) is 15.9 Å². The van der Waals surface area contributed by atoms with Crippen molar-refractivity contribution in [3.63, 3.8) is 0 Å². The van der Waals surface area contributed by atoms with Crippen molar-refractivity contribution in [2.24, 2.45) is 5.73 Å². The summed E-state index contributed by atoms with van der Waals surface area (Å²) >= 11 is 0. The van der Waals surface area contributed by atoms with Gasteiger partial charge in [-0.15, -0.1) is 0 Å². The van der Waals surface area contributed by atoms with E-state index >= 15 is 0 Å². The monoisotopic (exact) mass is 286 g/mol. The highest BCUT2D eigenvalue weighted by molar-refractivity contribution is 7.92. The Morgan fingerprint density at radius 1 is 1.42 bits per heavy atom. The lowest BCUT2D eigenvalue weighted by atomic mass is 10.3. The minimum Gasteiger partial charge on any atom is -0.491 e. The van der Waals surface area contributed by atoms with Gasteiger partial charge in [-0.3, -0.25) is 9.10 Å². The van der Waals surface area contributed by atoms with Gasteiger partial charge in [0.15, 0.2) is 0 Å². The van der Waals surface area contributed by atoms with Gasteiger partial charge in [-0.05, 0) is 26.0 Å². The van der Waals surface area contributed by atoms with E-state index in [2.05, 4.69) is 0 Å². The van der Waals surface area contributed by atoms with E-state index in [9.17, 15) is 13.2 Å². The first-order valence-electron chi connectivity index (χ1n) is 5.73. The van der Waals surface area contributed by atoms with Crippen molar-refractivity contribution < 1.29 is 17.9 Å². The van der Waals surface area contributed by atoms with E-state index < -0.39 is 22.5 Å². The fourth-order valence-corrected chi connectivity index (χ4v) is 2.38. The standard InChI is InChI=1S/C12H18N2O4S/c1-9(2)18-11-6-4-5-10(7-11)14(8-12(13)15)19(3,16)17/h4-7,9H,8H2,1-3H3,(H2,13,15). The molecule has 0 atom stereocenters. The van der Waals surface area contributed by atoms with Crippen LogP contribution in [0.25, 0.3) is 0 Å². The van der Waals surface area contributed by atoms with Gasteiger partial charge < -0.3 is 10.5 Å². The Bertz CT molecular complexity index is 555. The molecular formula is C12H18N2O4S. The first-order valence-corrected chi connectivity index (χ1v) is 7.57. The van der Waals surface area contributed by atoms with E-state index in [1.54, 1.807) is 24.3 Å². The maximum Gasteiger partial charge on any atom is 0.238 e. The second-order valence-electron chi connectivity index (χ2n) is 4.40. The van der Waals surface area contributed by atoms with E-state index in [1.807, 2.05) is 13.8 Å². The number of amides is 1. The first kappa shape index (κ1) is 15.3. The molecule has 0 radical (unpaired) electrons. The molecule has 0 aliphatic carbocycles. The van der Waals surface area contributed by atoms with Crippen LogP contribution in [0.2, 0.25) is 0 Å². The number of carbonyl (C=O) groups is 1. The third-order valence-corrected chi connectivity index (χ3v) is 3.32. The van der Waals surface area contributed by atoms with Crippen LogP contribution in [-0.2, 0) is 14.8 Å². The summed E-state index contributed by atoms with van der Waals surface area (Å²) in [6.07, 6.45) is 0.990. The molecule has 0 spiro atoms. The van der Waals surface area contributed by atoms with Crippen molar-refractivity contribution in [1.29, 1.82) is 0 Å². The summed E-state index contributed by atoms with van der Waals surface area (Å²) in [6.45, 7) is 3.33. The molecule has 19 heavy (non-hydrogen) atoms. The fraction of sp³-hybridized carbons (Fsp3) is 0.417. The van der Waals surface area contributed by atoms with Crippen LogP contribution in [0.4, 0.5) is 5.69 Å². The molecule has 0 unspecified atom stereocenters. The minimum absolute atomic E-state index is 0.0296. The molecule has 1 amide bonds. The summed E-state index contributed by atoms with van der Waals surface area (Å²) in [5, 5.41) is 0. The predicted molar refractivity (Wildman–Crippen MR) is 73.6 cm³/mol. The quantitative estimate of drug-likeness (QED) is 0.834. The van der Waals surface area contributed by atoms with Crippen LogP contribution in [0.15, 0.2) is 24.3 Å². The number of primary amides is 1. The van der Waals surface area contributed by atoms with Crippen molar-refractivity contribution in [2.45, 2.75) is 20.0 Å². The zero-order chi connectivity index (χ0) is 14.6. The molecule has 0 aliphatic rings. The smallest absolute Gasteiger partial charge is 0.238 e. The molecule has 1 aromatic rings. The van der Waals surface area contributed by atoms with Crippen LogP contribution in [0.3, 0.4) is 0 Å².